The molecule has 108 valence electrons. The molecule has 1 aromatic rings. The molecule has 4 nitrogen and oxygen atoms in total. The maximum absolute atomic E-state index is 12.4. The van der Waals surface area contributed by atoms with Gasteiger partial charge in [0.2, 0.25) is 10.0 Å². The Labute approximate surface area is 119 Å². The fraction of sp³-hybridized carbons (Fsp3) is 0.692. The molecule has 0 amide bonds. The summed E-state index contributed by atoms with van der Waals surface area (Å²) in [5.41, 5.74) is 0. The van der Waals surface area contributed by atoms with Gasteiger partial charge in [-0.3, -0.25) is 0 Å². The third-order valence-electron chi connectivity index (χ3n) is 3.58. The van der Waals surface area contributed by atoms with Gasteiger partial charge in [0.1, 0.15) is 0 Å². The van der Waals surface area contributed by atoms with Gasteiger partial charge < -0.3 is 5.32 Å². The van der Waals surface area contributed by atoms with Gasteiger partial charge in [-0.15, -0.1) is 11.3 Å². The van der Waals surface area contributed by atoms with Crippen LogP contribution in [0.3, 0.4) is 0 Å². The van der Waals surface area contributed by atoms with E-state index >= 15 is 0 Å². The lowest BCUT2D eigenvalue weighted by atomic mass is 9.94. The van der Waals surface area contributed by atoms with Crippen molar-refractivity contribution >= 4 is 21.4 Å². The number of thiophene rings is 1. The summed E-state index contributed by atoms with van der Waals surface area (Å²) in [5, 5.41) is 5.05. The normalized spacial score (nSPS) is 17.1. The lowest BCUT2D eigenvalue weighted by molar-refractivity contribution is 0.250. The monoisotopic (exact) mass is 302 g/mol. The highest BCUT2D eigenvalue weighted by Crippen LogP contribution is 2.30. The molecule has 1 N–H and O–H groups in total. The number of sulfonamides is 1. The van der Waals surface area contributed by atoms with E-state index in [0.717, 1.165) is 30.7 Å². The van der Waals surface area contributed by atoms with E-state index in [4.69, 9.17) is 0 Å². The highest BCUT2D eigenvalue weighted by atomic mass is 32.2. The zero-order valence-electron chi connectivity index (χ0n) is 11.7. The van der Waals surface area contributed by atoms with Crippen LogP contribution in [0.25, 0.3) is 0 Å². The number of hydrogen-bond acceptors (Lipinski definition) is 4. The molecule has 1 aliphatic rings. The van der Waals surface area contributed by atoms with Crippen LogP contribution in [0, 0.1) is 0 Å². The first-order valence-corrected chi connectivity index (χ1v) is 9.02. The van der Waals surface area contributed by atoms with Crippen molar-refractivity contribution in [1.82, 2.24) is 9.62 Å². The van der Waals surface area contributed by atoms with E-state index < -0.39 is 10.0 Å². The third-order valence-corrected chi connectivity index (χ3v) is 6.55. The Kier molecular flexibility index (Phi) is 4.66. The molecule has 0 radical (unpaired) electrons. The average Bonchev–Trinajstić information content (AvgIpc) is 2.72. The number of nitrogens with one attached hydrogen (secondary N) is 1. The van der Waals surface area contributed by atoms with Crippen molar-refractivity contribution in [3.05, 3.63) is 16.3 Å². The highest BCUT2D eigenvalue weighted by Gasteiger charge is 2.32. The first kappa shape index (κ1) is 15.0. The second-order valence-electron chi connectivity index (χ2n) is 5.39. The minimum atomic E-state index is -3.30. The van der Waals surface area contributed by atoms with E-state index in [1.54, 1.807) is 18.5 Å². The summed E-state index contributed by atoms with van der Waals surface area (Å²) in [4.78, 5) is 1.50. The Morgan fingerprint density at radius 3 is 2.68 bits per heavy atom. The lowest BCUT2D eigenvalue weighted by Gasteiger charge is -2.33. The summed E-state index contributed by atoms with van der Waals surface area (Å²) < 4.78 is 26.4. The minimum absolute atomic E-state index is 0.196. The second kappa shape index (κ2) is 5.91. The highest BCUT2D eigenvalue weighted by molar-refractivity contribution is 7.89. The van der Waals surface area contributed by atoms with Crippen LogP contribution in [0.5, 0.6) is 0 Å². The molecular weight excluding hydrogens is 280 g/mol. The van der Waals surface area contributed by atoms with E-state index in [2.05, 4.69) is 19.2 Å². The molecule has 1 aliphatic carbocycles. The zero-order valence-corrected chi connectivity index (χ0v) is 13.4. The molecule has 6 heteroatoms. The summed E-state index contributed by atoms with van der Waals surface area (Å²) in [5.74, 6) is 0. The van der Waals surface area contributed by atoms with Gasteiger partial charge in [-0.25, -0.2) is 8.42 Å². The molecule has 1 heterocycles. The van der Waals surface area contributed by atoms with Gasteiger partial charge in [0.05, 0.1) is 4.90 Å². The first-order chi connectivity index (χ1) is 8.91. The van der Waals surface area contributed by atoms with E-state index in [0.29, 0.717) is 10.9 Å². The van der Waals surface area contributed by atoms with Crippen molar-refractivity contribution in [2.45, 2.75) is 56.6 Å². The molecule has 0 saturated heterocycles. The van der Waals surface area contributed by atoms with Gasteiger partial charge in [-0.1, -0.05) is 20.3 Å². The van der Waals surface area contributed by atoms with Crippen LogP contribution in [-0.4, -0.2) is 31.9 Å². The predicted molar refractivity (Wildman–Crippen MR) is 78.9 cm³/mol. The van der Waals surface area contributed by atoms with Crippen LogP contribution in [0.15, 0.2) is 16.3 Å². The fourth-order valence-electron chi connectivity index (χ4n) is 2.01. The summed E-state index contributed by atoms with van der Waals surface area (Å²) >= 11 is 1.50. The molecule has 1 saturated carbocycles. The van der Waals surface area contributed by atoms with E-state index in [9.17, 15) is 8.42 Å². The van der Waals surface area contributed by atoms with Crippen molar-refractivity contribution < 1.29 is 8.42 Å². The van der Waals surface area contributed by atoms with Crippen molar-refractivity contribution in [2.24, 2.45) is 0 Å². The van der Waals surface area contributed by atoms with E-state index in [1.807, 2.05) is 0 Å². The van der Waals surface area contributed by atoms with Gasteiger partial charge in [0.15, 0.2) is 0 Å². The Hall–Kier alpha value is -0.430. The van der Waals surface area contributed by atoms with E-state index in [1.165, 1.54) is 15.6 Å². The topological polar surface area (TPSA) is 49.4 Å². The Bertz CT molecular complexity index is 519. The van der Waals surface area contributed by atoms with E-state index in [-0.39, 0.29) is 6.04 Å². The maximum atomic E-state index is 12.4. The van der Waals surface area contributed by atoms with Crippen LogP contribution >= 0.6 is 11.3 Å². The van der Waals surface area contributed by atoms with Crippen LogP contribution in [0.4, 0.5) is 0 Å². The van der Waals surface area contributed by atoms with Gasteiger partial charge in [-0.2, -0.15) is 4.31 Å². The summed E-state index contributed by atoms with van der Waals surface area (Å²) in [6, 6.07) is 2.40. The molecule has 0 aromatic carbocycles. The molecule has 1 aromatic heterocycles. The second-order valence-corrected chi connectivity index (χ2v) is 8.38. The summed E-state index contributed by atoms with van der Waals surface area (Å²) in [6.07, 6.45) is 3.11. The van der Waals surface area contributed by atoms with Crippen LogP contribution in [-0.2, 0) is 16.6 Å². The molecule has 1 fully saturated rings. The average molecular weight is 302 g/mol. The van der Waals surface area contributed by atoms with Crippen molar-refractivity contribution in [1.29, 1.82) is 0 Å². The van der Waals surface area contributed by atoms with Gasteiger partial charge in [0, 0.05) is 35.9 Å². The SMILES string of the molecule is CC(C)NCc1cc(S(=O)(=O)N(C)C2CCC2)cs1. The van der Waals surface area contributed by atoms with Crippen molar-refractivity contribution in [3.63, 3.8) is 0 Å². The molecule has 0 bridgehead atoms. The molecule has 19 heavy (non-hydrogen) atoms. The molecule has 2 rings (SSSR count). The Morgan fingerprint density at radius 2 is 2.16 bits per heavy atom. The maximum Gasteiger partial charge on any atom is 0.243 e. The number of hydrogen-bond donors (Lipinski definition) is 1. The Balaban J connectivity index is 2.08. The van der Waals surface area contributed by atoms with Crippen molar-refractivity contribution in [3.8, 4) is 0 Å². The zero-order chi connectivity index (χ0) is 14.0. The molecule has 0 aliphatic heterocycles. The molecule has 0 atom stereocenters. The summed E-state index contributed by atoms with van der Waals surface area (Å²) in [7, 11) is -1.60. The molecule has 0 unspecified atom stereocenters. The standard InChI is InChI=1S/C13H22N2O2S2/c1-10(2)14-8-12-7-13(9-18-12)19(16,17)15(3)11-5-4-6-11/h7,9-11,14H,4-6,8H2,1-3H3. The fourth-order valence-corrected chi connectivity index (χ4v) is 4.64. The predicted octanol–water partition coefficient (Wildman–Crippen LogP) is 2.42. The smallest absolute Gasteiger partial charge is 0.243 e. The largest absolute Gasteiger partial charge is 0.310 e. The van der Waals surface area contributed by atoms with Crippen LogP contribution < -0.4 is 5.32 Å². The number of rotatable bonds is 6. The molecule has 0 spiro atoms. The Morgan fingerprint density at radius 1 is 1.47 bits per heavy atom. The minimum Gasteiger partial charge on any atom is -0.310 e. The summed E-state index contributed by atoms with van der Waals surface area (Å²) in [6.45, 7) is 4.89. The molecular formula is C13H22N2O2S2. The van der Waals surface area contributed by atoms with Crippen LogP contribution in [0.1, 0.15) is 38.0 Å². The van der Waals surface area contributed by atoms with Gasteiger partial charge in [-0.05, 0) is 18.9 Å². The van der Waals surface area contributed by atoms with Gasteiger partial charge >= 0.3 is 0 Å². The van der Waals surface area contributed by atoms with Crippen LogP contribution in [0.2, 0.25) is 0 Å². The third kappa shape index (κ3) is 3.37. The first-order valence-electron chi connectivity index (χ1n) is 6.70. The number of nitrogens with zero attached hydrogens (tertiary/aromatic N) is 1. The van der Waals surface area contributed by atoms with Crippen molar-refractivity contribution in [2.75, 3.05) is 7.05 Å². The van der Waals surface area contributed by atoms with Gasteiger partial charge in [0.25, 0.3) is 0 Å². The quantitative estimate of drug-likeness (QED) is 0.878. The lowest BCUT2D eigenvalue weighted by Crippen LogP contribution is -2.41.